The molecule has 0 aromatic heterocycles. The number of nitrogens with one attached hydrogen (secondary N) is 1. The standard InChI is InChI=1S/C17H17N3O6/c1-3-11(2)26-14-7-4-12(5-8-14)18-17(21)15-9-6-13(19(22)23)10-16(15)20(24)25/h4-11H,3H2,1-2H3,(H,18,21). The maximum Gasteiger partial charge on any atom is 0.289 e. The number of hydrogen-bond donors (Lipinski definition) is 1. The lowest BCUT2D eigenvalue weighted by atomic mass is 10.1. The second-order valence-electron chi connectivity index (χ2n) is 5.53. The molecule has 0 bridgehead atoms. The van der Waals surface area contributed by atoms with Crippen molar-refractivity contribution in [2.45, 2.75) is 26.4 Å². The lowest BCUT2D eigenvalue weighted by Crippen LogP contribution is -2.14. The van der Waals surface area contributed by atoms with E-state index in [4.69, 9.17) is 4.74 Å². The van der Waals surface area contributed by atoms with Crippen LogP contribution in [-0.2, 0) is 0 Å². The number of rotatable bonds is 7. The fraction of sp³-hybridized carbons (Fsp3) is 0.235. The van der Waals surface area contributed by atoms with Gasteiger partial charge in [-0.2, -0.15) is 0 Å². The predicted octanol–water partition coefficient (Wildman–Crippen LogP) is 3.93. The van der Waals surface area contributed by atoms with Crippen molar-refractivity contribution in [3.63, 3.8) is 0 Å². The zero-order valence-corrected chi connectivity index (χ0v) is 14.2. The van der Waals surface area contributed by atoms with Gasteiger partial charge < -0.3 is 10.1 Å². The van der Waals surface area contributed by atoms with Crippen LogP contribution < -0.4 is 10.1 Å². The number of ether oxygens (including phenoxy) is 1. The highest BCUT2D eigenvalue weighted by molar-refractivity contribution is 6.07. The lowest BCUT2D eigenvalue weighted by molar-refractivity contribution is -0.394. The maximum absolute atomic E-state index is 12.3. The molecule has 0 aliphatic carbocycles. The minimum absolute atomic E-state index is 0.0539. The number of hydrogen-bond acceptors (Lipinski definition) is 6. The minimum atomic E-state index is -0.828. The van der Waals surface area contributed by atoms with E-state index in [9.17, 15) is 25.0 Å². The number of carbonyl (C=O) groups excluding carboxylic acids is 1. The summed E-state index contributed by atoms with van der Waals surface area (Å²) in [6.07, 6.45) is 0.903. The van der Waals surface area contributed by atoms with Crippen LogP contribution in [0.25, 0.3) is 0 Å². The van der Waals surface area contributed by atoms with Crippen LogP contribution in [0.1, 0.15) is 30.6 Å². The summed E-state index contributed by atoms with van der Waals surface area (Å²) in [5.41, 5.74) is -0.937. The van der Waals surface area contributed by atoms with Crippen LogP contribution in [0.15, 0.2) is 42.5 Å². The van der Waals surface area contributed by atoms with Gasteiger partial charge in [-0.05, 0) is 43.7 Å². The number of amides is 1. The molecule has 0 radical (unpaired) electrons. The fourth-order valence-corrected chi connectivity index (χ4v) is 2.11. The highest BCUT2D eigenvalue weighted by Crippen LogP contribution is 2.26. The number of nitrogens with zero attached hydrogens (tertiary/aromatic N) is 2. The number of non-ortho nitro benzene ring substituents is 1. The molecule has 0 heterocycles. The molecule has 0 saturated heterocycles. The van der Waals surface area contributed by atoms with Crippen LogP contribution in [0, 0.1) is 20.2 Å². The molecular weight excluding hydrogens is 342 g/mol. The smallest absolute Gasteiger partial charge is 0.289 e. The Balaban J connectivity index is 2.19. The summed E-state index contributed by atoms with van der Waals surface area (Å²) in [6, 6.07) is 9.42. The van der Waals surface area contributed by atoms with Crippen LogP contribution in [0.3, 0.4) is 0 Å². The van der Waals surface area contributed by atoms with E-state index in [-0.39, 0.29) is 11.7 Å². The number of nitro groups is 2. The largest absolute Gasteiger partial charge is 0.491 e. The van der Waals surface area contributed by atoms with E-state index in [2.05, 4.69) is 5.32 Å². The highest BCUT2D eigenvalue weighted by atomic mass is 16.6. The van der Waals surface area contributed by atoms with Gasteiger partial charge in [-0.3, -0.25) is 25.0 Å². The third-order valence-corrected chi connectivity index (χ3v) is 3.66. The Morgan fingerprint density at radius 2 is 1.77 bits per heavy atom. The first-order valence-corrected chi connectivity index (χ1v) is 7.82. The van der Waals surface area contributed by atoms with E-state index < -0.39 is 27.1 Å². The van der Waals surface area contributed by atoms with Gasteiger partial charge in [0.25, 0.3) is 17.3 Å². The van der Waals surface area contributed by atoms with E-state index in [1.54, 1.807) is 24.3 Å². The first-order chi connectivity index (χ1) is 12.3. The molecule has 1 unspecified atom stereocenters. The molecule has 2 aromatic carbocycles. The molecule has 9 heteroatoms. The molecule has 2 rings (SSSR count). The van der Waals surface area contributed by atoms with Crippen molar-refractivity contribution in [3.8, 4) is 5.75 Å². The lowest BCUT2D eigenvalue weighted by Gasteiger charge is -2.13. The van der Waals surface area contributed by atoms with E-state index in [0.29, 0.717) is 11.4 Å². The van der Waals surface area contributed by atoms with Crippen molar-refractivity contribution in [3.05, 3.63) is 68.3 Å². The summed E-state index contributed by atoms with van der Waals surface area (Å²) in [5.74, 6) is -0.0964. The third kappa shape index (κ3) is 4.53. The third-order valence-electron chi connectivity index (χ3n) is 3.66. The van der Waals surface area contributed by atoms with Gasteiger partial charge in [0.15, 0.2) is 0 Å². The van der Waals surface area contributed by atoms with Gasteiger partial charge in [0, 0.05) is 11.8 Å². The van der Waals surface area contributed by atoms with E-state index in [1.165, 1.54) is 0 Å². The van der Waals surface area contributed by atoms with Crippen molar-refractivity contribution in [1.29, 1.82) is 0 Å². The number of benzene rings is 2. The van der Waals surface area contributed by atoms with Gasteiger partial charge in [0.05, 0.1) is 22.0 Å². The predicted molar refractivity (Wildman–Crippen MR) is 94.5 cm³/mol. The van der Waals surface area contributed by atoms with Gasteiger partial charge >= 0.3 is 0 Å². The topological polar surface area (TPSA) is 125 Å². The Kier molecular flexibility index (Phi) is 5.84. The van der Waals surface area contributed by atoms with Crippen LogP contribution in [-0.4, -0.2) is 21.9 Å². The first-order valence-electron chi connectivity index (χ1n) is 7.82. The zero-order valence-electron chi connectivity index (χ0n) is 14.2. The molecule has 26 heavy (non-hydrogen) atoms. The van der Waals surface area contributed by atoms with Crippen molar-refractivity contribution in [1.82, 2.24) is 0 Å². The Bertz CT molecular complexity index is 835. The van der Waals surface area contributed by atoms with E-state index >= 15 is 0 Å². The van der Waals surface area contributed by atoms with Crippen LogP contribution in [0.5, 0.6) is 5.75 Å². The van der Waals surface area contributed by atoms with Crippen molar-refractivity contribution in [2.75, 3.05) is 5.32 Å². The molecule has 0 saturated carbocycles. The summed E-state index contributed by atoms with van der Waals surface area (Å²) in [7, 11) is 0. The Hall–Kier alpha value is -3.49. The molecule has 0 fully saturated rings. The van der Waals surface area contributed by atoms with Crippen LogP contribution >= 0.6 is 0 Å². The maximum atomic E-state index is 12.3. The summed E-state index contributed by atoms with van der Waals surface area (Å²) in [5, 5.41) is 24.4. The Morgan fingerprint density at radius 3 is 2.31 bits per heavy atom. The average molecular weight is 359 g/mol. The summed E-state index contributed by atoms with van der Waals surface area (Å²) < 4.78 is 5.63. The van der Waals surface area contributed by atoms with Crippen LogP contribution in [0.4, 0.5) is 17.1 Å². The van der Waals surface area contributed by atoms with E-state index in [0.717, 1.165) is 24.6 Å². The number of carbonyl (C=O) groups is 1. The van der Waals surface area contributed by atoms with Gasteiger partial charge in [0.2, 0.25) is 0 Å². The zero-order chi connectivity index (χ0) is 19.3. The molecule has 2 aromatic rings. The quantitative estimate of drug-likeness (QED) is 0.590. The summed E-state index contributed by atoms with van der Waals surface area (Å²) >= 11 is 0. The van der Waals surface area contributed by atoms with Crippen molar-refractivity contribution in [2.24, 2.45) is 0 Å². The molecule has 136 valence electrons. The monoisotopic (exact) mass is 359 g/mol. The molecule has 1 N–H and O–H groups in total. The van der Waals surface area contributed by atoms with E-state index in [1.807, 2.05) is 13.8 Å². The molecule has 1 amide bonds. The minimum Gasteiger partial charge on any atom is -0.491 e. The van der Waals surface area contributed by atoms with Gasteiger partial charge in [-0.1, -0.05) is 6.92 Å². The fourth-order valence-electron chi connectivity index (χ4n) is 2.11. The molecule has 1 atom stereocenters. The van der Waals surface area contributed by atoms with Crippen LogP contribution in [0.2, 0.25) is 0 Å². The van der Waals surface area contributed by atoms with Crippen molar-refractivity contribution >= 4 is 23.0 Å². The molecule has 0 aliphatic rings. The van der Waals surface area contributed by atoms with Crippen molar-refractivity contribution < 1.29 is 19.4 Å². The SMILES string of the molecule is CCC(C)Oc1ccc(NC(=O)c2ccc([N+](=O)[O-])cc2[N+](=O)[O-])cc1. The first kappa shape index (κ1) is 18.8. The summed E-state index contributed by atoms with van der Waals surface area (Å²) in [6.45, 7) is 3.93. The molecule has 9 nitrogen and oxygen atoms in total. The second-order valence-corrected chi connectivity index (χ2v) is 5.53. The summed E-state index contributed by atoms with van der Waals surface area (Å²) in [4.78, 5) is 32.6. The normalized spacial score (nSPS) is 11.5. The Labute approximate surface area is 148 Å². The number of anilines is 1. The molecule has 0 spiro atoms. The van der Waals surface area contributed by atoms with Gasteiger partial charge in [-0.25, -0.2) is 0 Å². The number of nitro benzene ring substituents is 2. The Morgan fingerprint density at radius 1 is 1.12 bits per heavy atom. The van der Waals surface area contributed by atoms with Gasteiger partial charge in [0.1, 0.15) is 11.3 Å². The highest BCUT2D eigenvalue weighted by Gasteiger charge is 2.24. The molecule has 0 aliphatic heterocycles. The van der Waals surface area contributed by atoms with Gasteiger partial charge in [-0.15, -0.1) is 0 Å². The molecular formula is C17H17N3O6. The second kappa shape index (κ2) is 8.06. The average Bonchev–Trinajstić information content (AvgIpc) is 2.62.